The van der Waals surface area contributed by atoms with Gasteiger partial charge >= 0.3 is 22.8 Å². The molecule has 0 spiro atoms. The Morgan fingerprint density at radius 1 is 0.909 bits per heavy atom. The van der Waals surface area contributed by atoms with Crippen LogP contribution < -0.4 is 0 Å². The van der Waals surface area contributed by atoms with Gasteiger partial charge in [0.05, 0.1) is 18.5 Å². The lowest BCUT2D eigenvalue weighted by molar-refractivity contribution is 0.253. The maximum Gasteiger partial charge on any atom is 0.344 e. The van der Waals surface area contributed by atoms with Crippen molar-refractivity contribution in [1.29, 1.82) is 5.53 Å². The van der Waals surface area contributed by atoms with Gasteiger partial charge in [-0.05, 0) is 19.3 Å². The summed E-state index contributed by atoms with van der Waals surface area (Å²) in [7, 11) is -12.0. The van der Waals surface area contributed by atoms with E-state index in [0.717, 1.165) is 0 Å². The van der Waals surface area contributed by atoms with Gasteiger partial charge in [0, 0.05) is 0 Å². The Bertz CT molecular complexity index is 485. The zero-order valence-corrected chi connectivity index (χ0v) is 15.8. The van der Waals surface area contributed by atoms with Crippen molar-refractivity contribution in [2.24, 2.45) is 5.11 Å². The van der Waals surface area contributed by atoms with E-state index in [1.165, 1.54) is 0 Å². The molecule has 0 amide bonds. The van der Waals surface area contributed by atoms with Crippen LogP contribution in [0.25, 0.3) is 0 Å². The highest BCUT2D eigenvalue weighted by Crippen LogP contribution is 2.70. The maximum absolute atomic E-state index is 12.7. The van der Waals surface area contributed by atoms with E-state index in [1.54, 1.807) is 20.8 Å². The van der Waals surface area contributed by atoms with Gasteiger partial charge in [0.15, 0.2) is 6.73 Å². The molecule has 3 unspecified atom stereocenters. The van der Waals surface area contributed by atoms with Crippen LogP contribution in [0, 0.1) is 5.53 Å². The van der Waals surface area contributed by atoms with Crippen LogP contribution in [-0.4, -0.2) is 30.1 Å². The van der Waals surface area contributed by atoms with Crippen molar-refractivity contribution in [1.82, 2.24) is 0 Å². The first-order valence-corrected chi connectivity index (χ1v) is 12.3. The number of rotatable bonds is 13. The zero-order chi connectivity index (χ0) is 17.3. The molecule has 22 heavy (non-hydrogen) atoms. The molecule has 0 aromatic carbocycles. The van der Waals surface area contributed by atoms with Crippen LogP contribution in [-0.2, 0) is 26.8 Å². The first kappa shape index (κ1) is 22.1. The minimum atomic E-state index is -4.10. The molecule has 3 atom stereocenters. The van der Waals surface area contributed by atoms with Crippen LogP contribution in [0.1, 0.15) is 40.0 Å². The average Bonchev–Trinajstić information content (AvgIpc) is 2.35. The van der Waals surface area contributed by atoms with Gasteiger partial charge < -0.3 is 4.89 Å². The van der Waals surface area contributed by atoms with E-state index < -0.39 is 29.5 Å². The third-order valence-corrected chi connectivity index (χ3v) is 9.84. The molecule has 0 aliphatic heterocycles. The van der Waals surface area contributed by atoms with E-state index in [2.05, 4.69) is 5.11 Å². The summed E-state index contributed by atoms with van der Waals surface area (Å²) in [6.07, 6.45) is 0.733. The lowest BCUT2D eigenvalue weighted by Gasteiger charge is -2.25. The number of nitrogens with one attached hydrogen (secondary N) is 1. The normalized spacial score (nSPS) is 19.8. The second-order valence-electron chi connectivity index (χ2n) is 4.61. The van der Waals surface area contributed by atoms with Crippen LogP contribution >= 0.6 is 22.8 Å². The van der Waals surface area contributed by atoms with Crippen molar-refractivity contribution >= 4 is 22.8 Å². The molecule has 9 nitrogen and oxygen atoms in total. The number of nitrogens with zero attached hydrogens (tertiary/aromatic N) is 1. The Kier molecular flexibility index (Phi) is 10.1. The van der Waals surface area contributed by atoms with Crippen LogP contribution in [0.15, 0.2) is 5.11 Å². The standard InChI is InChI=1S/C10H25N2O7P3/c1-4-7-20(13,14)18-22(16,9-6-3)19-21(15,8-5-2)17-10-12-11/h11H,4-10H2,1-3H3,(H,13,14). The van der Waals surface area contributed by atoms with Crippen molar-refractivity contribution in [3.05, 3.63) is 0 Å². The summed E-state index contributed by atoms with van der Waals surface area (Å²) >= 11 is 0. The van der Waals surface area contributed by atoms with E-state index in [0.29, 0.717) is 19.3 Å². The molecule has 0 heterocycles. The minimum absolute atomic E-state index is 0.0525. The molecule has 0 aromatic rings. The molecular formula is C10H25N2O7P3. The van der Waals surface area contributed by atoms with Crippen molar-refractivity contribution in [3.8, 4) is 0 Å². The van der Waals surface area contributed by atoms with E-state index in [1.807, 2.05) is 0 Å². The van der Waals surface area contributed by atoms with Gasteiger partial charge in [-0.25, -0.2) is 14.2 Å². The predicted molar refractivity (Wildman–Crippen MR) is 83.8 cm³/mol. The molecule has 132 valence electrons. The highest BCUT2D eigenvalue weighted by Gasteiger charge is 2.40. The third-order valence-electron chi connectivity index (χ3n) is 2.32. The topological polar surface area (TPSA) is 135 Å². The fourth-order valence-corrected chi connectivity index (χ4v) is 8.57. The first-order chi connectivity index (χ1) is 10.2. The summed E-state index contributed by atoms with van der Waals surface area (Å²) in [5, 5.41) is 2.92. The summed E-state index contributed by atoms with van der Waals surface area (Å²) in [6, 6.07) is 0. The molecule has 0 aliphatic rings. The smallest absolute Gasteiger partial charge is 0.324 e. The van der Waals surface area contributed by atoms with Gasteiger partial charge in [0.25, 0.3) is 0 Å². The predicted octanol–water partition coefficient (Wildman–Crippen LogP) is 4.83. The summed E-state index contributed by atoms with van der Waals surface area (Å²) in [5.41, 5.74) is 6.66. The lowest BCUT2D eigenvalue weighted by atomic mass is 10.6. The van der Waals surface area contributed by atoms with Crippen LogP contribution in [0.3, 0.4) is 0 Å². The fourth-order valence-electron chi connectivity index (χ4n) is 1.60. The molecular weight excluding hydrogens is 353 g/mol. The Morgan fingerprint density at radius 2 is 1.41 bits per heavy atom. The molecule has 0 aromatic heterocycles. The SMILES string of the molecule is CCCP(=O)(O)OP(=O)(CCC)OP(=O)(CCC)OCN=N. The number of hydrogen-bond donors (Lipinski definition) is 2. The van der Waals surface area contributed by atoms with Crippen LogP contribution in [0.4, 0.5) is 0 Å². The van der Waals surface area contributed by atoms with Crippen LogP contribution in [0.5, 0.6) is 0 Å². The highest BCUT2D eigenvalue weighted by atomic mass is 31.3. The van der Waals surface area contributed by atoms with E-state index in [-0.39, 0.29) is 18.5 Å². The third kappa shape index (κ3) is 8.68. The molecule has 0 bridgehead atoms. The van der Waals surface area contributed by atoms with Crippen molar-refractivity contribution < 1.29 is 31.7 Å². The van der Waals surface area contributed by atoms with Gasteiger partial charge in [-0.1, -0.05) is 20.8 Å². The Labute approximate surface area is 131 Å². The van der Waals surface area contributed by atoms with E-state index in [9.17, 15) is 18.6 Å². The van der Waals surface area contributed by atoms with Crippen molar-refractivity contribution in [2.75, 3.05) is 25.2 Å². The van der Waals surface area contributed by atoms with Gasteiger partial charge in [-0.3, -0.25) is 18.2 Å². The van der Waals surface area contributed by atoms with E-state index in [4.69, 9.17) is 18.7 Å². The van der Waals surface area contributed by atoms with Crippen molar-refractivity contribution in [3.63, 3.8) is 0 Å². The van der Waals surface area contributed by atoms with Gasteiger partial charge in [-0.2, -0.15) is 5.11 Å². The summed E-state index contributed by atoms with van der Waals surface area (Å²) in [4.78, 5) is 9.68. The van der Waals surface area contributed by atoms with E-state index >= 15 is 0 Å². The van der Waals surface area contributed by atoms with Crippen molar-refractivity contribution in [2.45, 2.75) is 40.0 Å². The first-order valence-electron chi connectivity index (χ1n) is 7.06. The molecule has 0 aliphatic carbocycles. The molecule has 0 fully saturated rings. The lowest BCUT2D eigenvalue weighted by Crippen LogP contribution is -2.04. The summed E-state index contributed by atoms with van der Waals surface area (Å²) in [6.45, 7) is 4.58. The van der Waals surface area contributed by atoms with Gasteiger partial charge in [0.2, 0.25) is 0 Å². The molecule has 0 radical (unpaired) electrons. The molecule has 0 saturated heterocycles. The van der Waals surface area contributed by atoms with Gasteiger partial charge in [-0.15, -0.1) is 0 Å². The average molecular weight is 378 g/mol. The summed E-state index contributed by atoms with van der Waals surface area (Å²) < 4.78 is 51.8. The zero-order valence-electron chi connectivity index (χ0n) is 13.1. The van der Waals surface area contributed by atoms with Crippen LogP contribution in [0.2, 0.25) is 0 Å². The second-order valence-corrected chi connectivity index (χ2v) is 11.2. The maximum atomic E-state index is 12.7. The Morgan fingerprint density at radius 3 is 1.86 bits per heavy atom. The molecule has 2 N–H and O–H groups in total. The minimum Gasteiger partial charge on any atom is -0.324 e. The number of hydrogen-bond acceptors (Lipinski definition) is 8. The Balaban J connectivity index is 5.27. The second kappa shape index (κ2) is 10.1. The highest BCUT2D eigenvalue weighted by molar-refractivity contribution is 7.72. The monoisotopic (exact) mass is 378 g/mol. The largest absolute Gasteiger partial charge is 0.344 e. The Hall–Kier alpha value is 0.130. The van der Waals surface area contributed by atoms with Gasteiger partial charge in [0.1, 0.15) is 0 Å². The molecule has 12 heteroatoms. The fraction of sp³-hybridized carbons (Fsp3) is 1.00. The molecule has 0 rings (SSSR count). The quantitative estimate of drug-likeness (QED) is 0.346. The molecule has 0 saturated carbocycles. The summed E-state index contributed by atoms with van der Waals surface area (Å²) in [5.74, 6) is 0.